The van der Waals surface area contributed by atoms with Gasteiger partial charge in [-0.3, -0.25) is 4.79 Å². The molecule has 0 unspecified atom stereocenters. The van der Waals surface area contributed by atoms with Crippen LogP contribution in [0.1, 0.15) is 10.4 Å². The van der Waals surface area contributed by atoms with E-state index < -0.39 is 0 Å². The number of carbonyl (C=O) groups excluding carboxylic acids is 1. The highest BCUT2D eigenvalue weighted by atomic mass is 79.9. The van der Waals surface area contributed by atoms with Gasteiger partial charge in [-0.2, -0.15) is 0 Å². The zero-order valence-electron chi connectivity index (χ0n) is 12.3. The molecule has 0 aliphatic rings. The minimum Gasteiger partial charge on any atom is -0.493 e. The molecule has 0 fully saturated rings. The summed E-state index contributed by atoms with van der Waals surface area (Å²) in [5.74, 6) is 1.12. The molecule has 0 aliphatic carbocycles. The van der Waals surface area contributed by atoms with E-state index in [2.05, 4.69) is 21.2 Å². The molecule has 2 aromatic rings. The summed E-state index contributed by atoms with van der Waals surface area (Å²) >= 11 is 4.96. The van der Waals surface area contributed by atoms with Crippen LogP contribution in [0.15, 0.2) is 40.2 Å². The Morgan fingerprint density at radius 3 is 2.73 bits per heavy atom. The van der Waals surface area contributed by atoms with Gasteiger partial charge in [0.25, 0.3) is 0 Å². The molecule has 116 valence electrons. The van der Waals surface area contributed by atoms with Crippen molar-refractivity contribution in [1.82, 2.24) is 5.32 Å². The van der Waals surface area contributed by atoms with Crippen LogP contribution in [0.3, 0.4) is 0 Å². The maximum Gasteiger partial charge on any atom is 0.244 e. The zero-order chi connectivity index (χ0) is 15.9. The van der Waals surface area contributed by atoms with Crippen LogP contribution in [0.4, 0.5) is 0 Å². The van der Waals surface area contributed by atoms with Crippen molar-refractivity contribution in [2.45, 2.75) is 6.54 Å². The highest BCUT2D eigenvalue weighted by Gasteiger charge is 2.09. The molecule has 0 radical (unpaired) electrons. The Hall–Kier alpha value is -1.79. The van der Waals surface area contributed by atoms with E-state index >= 15 is 0 Å². The topological polar surface area (TPSA) is 47.6 Å². The molecule has 1 N–H and O–H groups in total. The van der Waals surface area contributed by atoms with E-state index in [-0.39, 0.29) is 5.91 Å². The highest BCUT2D eigenvalue weighted by Crippen LogP contribution is 2.30. The summed E-state index contributed by atoms with van der Waals surface area (Å²) < 4.78 is 11.6. The van der Waals surface area contributed by atoms with Gasteiger partial charge in [0.1, 0.15) is 0 Å². The lowest BCUT2D eigenvalue weighted by atomic mass is 10.2. The van der Waals surface area contributed by atoms with Gasteiger partial charge in [-0.15, -0.1) is 11.3 Å². The van der Waals surface area contributed by atoms with Crippen LogP contribution >= 0.6 is 27.3 Å². The summed E-state index contributed by atoms with van der Waals surface area (Å²) in [5, 5.41) is 2.83. The Balaban J connectivity index is 1.98. The molecule has 0 saturated heterocycles. The largest absolute Gasteiger partial charge is 0.493 e. The van der Waals surface area contributed by atoms with E-state index in [9.17, 15) is 4.79 Å². The van der Waals surface area contributed by atoms with E-state index in [1.165, 1.54) is 6.08 Å². The average Bonchev–Trinajstić information content (AvgIpc) is 2.95. The van der Waals surface area contributed by atoms with E-state index in [4.69, 9.17) is 9.47 Å². The van der Waals surface area contributed by atoms with E-state index in [1.807, 2.05) is 30.3 Å². The molecule has 22 heavy (non-hydrogen) atoms. The van der Waals surface area contributed by atoms with Crippen LogP contribution < -0.4 is 14.8 Å². The molecule has 1 aromatic heterocycles. The molecule has 0 atom stereocenters. The standard InChI is InChI=1S/C16H16BrNO3S/c1-20-13-5-3-4-11(16(13)21-2)10-18-15(19)9-7-12-6-8-14(17)22-12/h3-9H,10H2,1-2H3,(H,18,19)/b9-7+. The monoisotopic (exact) mass is 381 g/mol. The van der Waals surface area contributed by atoms with Crippen LogP contribution in [0.25, 0.3) is 6.08 Å². The second kappa shape index (κ2) is 8.00. The first-order valence-corrected chi connectivity index (χ1v) is 8.16. The van der Waals surface area contributed by atoms with E-state index in [1.54, 1.807) is 31.6 Å². The first-order chi connectivity index (χ1) is 10.6. The number of amides is 1. The van der Waals surface area contributed by atoms with Gasteiger partial charge in [-0.1, -0.05) is 12.1 Å². The smallest absolute Gasteiger partial charge is 0.244 e. The molecule has 0 saturated carbocycles. The van der Waals surface area contributed by atoms with E-state index in [0.29, 0.717) is 18.0 Å². The molecule has 6 heteroatoms. The van der Waals surface area contributed by atoms with Crippen LogP contribution in [-0.4, -0.2) is 20.1 Å². The van der Waals surface area contributed by atoms with Crippen molar-refractivity contribution in [2.24, 2.45) is 0 Å². The number of benzene rings is 1. The molecule has 2 rings (SSSR count). The lowest BCUT2D eigenvalue weighted by Gasteiger charge is -2.12. The van der Waals surface area contributed by atoms with Crippen molar-refractivity contribution in [3.05, 3.63) is 50.6 Å². The lowest BCUT2D eigenvalue weighted by Crippen LogP contribution is -2.20. The number of methoxy groups -OCH3 is 2. The van der Waals surface area contributed by atoms with Crippen LogP contribution in [0.5, 0.6) is 11.5 Å². The number of rotatable bonds is 6. The van der Waals surface area contributed by atoms with Crippen LogP contribution in [0.2, 0.25) is 0 Å². The van der Waals surface area contributed by atoms with Crippen molar-refractivity contribution < 1.29 is 14.3 Å². The maximum absolute atomic E-state index is 11.9. The van der Waals surface area contributed by atoms with Crippen molar-refractivity contribution in [3.8, 4) is 11.5 Å². The summed E-state index contributed by atoms with van der Waals surface area (Å²) in [6, 6.07) is 9.47. The quantitative estimate of drug-likeness (QED) is 0.772. The molecular formula is C16H16BrNO3S. The Morgan fingerprint density at radius 2 is 2.09 bits per heavy atom. The van der Waals surface area contributed by atoms with Crippen molar-refractivity contribution >= 4 is 39.2 Å². The second-order valence-corrected chi connectivity index (χ2v) is 6.84. The molecule has 1 heterocycles. The third kappa shape index (κ3) is 4.35. The van der Waals surface area contributed by atoms with Gasteiger partial charge < -0.3 is 14.8 Å². The van der Waals surface area contributed by atoms with Crippen LogP contribution in [0, 0.1) is 0 Å². The highest BCUT2D eigenvalue weighted by molar-refractivity contribution is 9.11. The molecule has 0 spiro atoms. The fraction of sp³-hybridized carbons (Fsp3) is 0.188. The number of nitrogens with one attached hydrogen (secondary N) is 1. The van der Waals surface area contributed by atoms with Gasteiger partial charge >= 0.3 is 0 Å². The first-order valence-electron chi connectivity index (χ1n) is 6.55. The summed E-state index contributed by atoms with van der Waals surface area (Å²) in [6.07, 6.45) is 3.30. The van der Waals surface area contributed by atoms with E-state index in [0.717, 1.165) is 14.2 Å². The summed E-state index contributed by atoms with van der Waals surface area (Å²) in [7, 11) is 3.17. The average molecular weight is 382 g/mol. The predicted molar refractivity (Wildman–Crippen MR) is 92.4 cm³/mol. The molecule has 1 amide bonds. The number of ether oxygens (including phenoxy) is 2. The number of para-hydroxylation sites is 1. The molecule has 0 bridgehead atoms. The minimum absolute atomic E-state index is 0.158. The van der Waals surface area contributed by atoms with Gasteiger partial charge in [0, 0.05) is 23.1 Å². The number of thiophene rings is 1. The first kappa shape index (κ1) is 16.6. The zero-order valence-corrected chi connectivity index (χ0v) is 14.7. The molecular weight excluding hydrogens is 366 g/mol. The number of halogens is 1. The van der Waals surface area contributed by atoms with Gasteiger partial charge in [0.15, 0.2) is 11.5 Å². The summed E-state index contributed by atoms with van der Waals surface area (Å²) in [6.45, 7) is 0.373. The SMILES string of the molecule is COc1cccc(CNC(=O)/C=C/c2ccc(Br)s2)c1OC. The summed E-state index contributed by atoms with van der Waals surface area (Å²) in [4.78, 5) is 12.9. The van der Waals surface area contributed by atoms with Gasteiger partial charge in [-0.05, 0) is 40.2 Å². The molecule has 1 aromatic carbocycles. The molecule has 0 aliphatic heterocycles. The Bertz CT molecular complexity index is 682. The maximum atomic E-state index is 11.9. The van der Waals surface area contributed by atoms with Gasteiger partial charge in [0.2, 0.25) is 5.91 Å². The second-order valence-electron chi connectivity index (χ2n) is 4.35. The third-order valence-electron chi connectivity index (χ3n) is 2.93. The van der Waals surface area contributed by atoms with Gasteiger partial charge in [0.05, 0.1) is 18.0 Å². The normalized spacial score (nSPS) is 10.7. The predicted octanol–water partition coefficient (Wildman–Crippen LogP) is 3.86. The minimum atomic E-state index is -0.158. The fourth-order valence-corrected chi connectivity index (χ4v) is 3.24. The third-order valence-corrected chi connectivity index (χ3v) is 4.52. The van der Waals surface area contributed by atoms with Crippen molar-refractivity contribution in [3.63, 3.8) is 0 Å². The van der Waals surface area contributed by atoms with Crippen molar-refractivity contribution in [1.29, 1.82) is 0 Å². The van der Waals surface area contributed by atoms with Gasteiger partial charge in [-0.25, -0.2) is 0 Å². The summed E-state index contributed by atoms with van der Waals surface area (Å²) in [5.41, 5.74) is 0.863. The fourth-order valence-electron chi connectivity index (χ4n) is 1.91. The van der Waals surface area contributed by atoms with Crippen molar-refractivity contribution in [2.75, 3.05) is 14.2 Å². The lowest BCUT2D eigenvalue weighted by molar-refractivity contribution is -0.116. The Morgan fingerprint density at radius 1 is 1.27 bits per heavy atom. The Labute approximate surface area is 141 Å². The number of hydrogen-bond donors (Lipinski definition) is 1. The number of carbonyl (C=O) groups is 1. The number of hydrogen-bond acceptors (Lipinski definition) is 4. The Kier molecular flexibility index (Phi) is 6.03. The molecule has 4 nitrogen and oxygen atoms in total. The van der Waals surface area contributed by atoms with Crippen LogP contribution in [-0.2, 0) is 11.3 Å².